The fourth-order valence-electron chi connectivity index (χ4n) is 8.28. The van der Waals surface area contributed by atoms with Crippen molar-refractivity contribution in [3.05, 3.63) is 71.8 Å². The fraction of sp³-hybridized carbons (Fsp3) is 0.488. The predicted molar refractivity (Wildman–Crippen MR) is 240 cm³/mol. The predicted octanol–water partition coefficient (Wildman–Crippen LogP) is 9.70. The summed E-state index contributed by atoms with van der Waals surface area (Å²) in [6.45, 7) is 6.82. The first-order valence-corrected chi connectivity index (χ1v) is 22.5. The number of ether oxygens (including phenoxy) is 2. The average Bonchev–Trinajstić information content (AvgIpc) is 4.10. The van der Waals surface area contributed by atoms with Crippen LogP contribution in [0.5, 0.6) is 11.5 Å². The molecule has 0 atom stereocenters. The van der Waals surface area contributed by atoms with Gasteiger partial charge in [0.15, 0.2) is 34.0 Å². The number of hydrogen-bond acceptors (Lipinski definition) is 12. The van der Waals surface area contributed by atoms with E-state index in [-0.39, 0.29) is 10.6 Å². The fourth-order valence-corrected chi connectivity index (χ4v) is 8.72. The maximum atomic E-state index is 6.31. The average molecular weight is 876 g/mol. The summed E-state index contributed by atoms with van der Waals surface area (Å²) in [4.78, 5) is 31.8. The Kier molecular flexibility index (Phi) is 14.4. The number of aromatic nitrogens is 8. The molecule has 2 aliphatic carbocycles. The molecule has 0 bridgehead atoms. The minimum absolute atomic E-state index is 0.199. The zero-order chi connectivity index (χ0) is 41.3. The molecule has 2 saturated carbocycles. The topological polar surface area (TPSA) is 136 Å². The van der Waals surface area contributed by atoms with E-state index in [9.17, 15) is 0 Å². The maximum absolute atomic E-state index is 6.31. The standard InChI is InChI=1S/C24H32ClN7O.C19H21Cl2N5O/c1-30-12-14-31(15-13-30)11-6-16-33-20-10-5-4-9-19(20)27-22-21-23(29-24(25)28-22)32(17-26-21)18-7-2-3-8-18;20-10-5-11-27-15-9-4-3-8-14(15)23-17-16-18(25-19(21)24-17)26(12-22-16)13-6-1-2-7-13/h4-5,9-10,17-18H,2-3,6-8,11-16H2,1H3,(H,27,28,29);3-4,8-9,12-13H,1-2,5-7,10-11H2,(H,23,24,25). The second-order valence-corrected chi connectivity index (χ2v) is 16.7. The molecule has 0 unspecified atom stereocenters. The molecule has 0 amide bonds. The Morgan fingerprint density at radius 1 is 0.633 bits per heavy atom. The van der Waals surface area contributed by atoms with Gasteiger partial charge in [-0.25, -0.2) is 9.97 Å². The largest absolute Gasteiger partial charge is 0.491 e. The zero-order valence-corrected chi connectivity index (χ0v) is 36.3. The Hall–Kier alpha value is -4.47. The highest BCUT2D eigenvalue weighted by Crippen LogP contribution is 2.37. The minimum Gasteiger partial charge on any atom is -0.491 e. The van der Waals surface area contributed by atoms with Crippen LogP contribution in [0.2, 0.25) is 10.6 Å². The van der Waals surface area contributed by atoms with E-state index in [0.29, 0.717) is 48.3 Å². The quantitative estimate of drug-likeness (QED) is 0.0578. The van der Waals surface area contributed by atoms with Crippen LogP contribution in [0.15, 0.2) is 61.2 Å². The summed E-state index contributed by atoms with van der Waals surface area (Å²) in [5, 5.41) is 7.14. The molecule has 9 rings (SSSR count). The number of para-hydroxylation sites is 4. The highest BCUT2D eigenvalue weighted by Gasteiger charge is 2.24. The van der Waals surface area contributed by atoms with E-state index in [1.54, 1.807) is 0 Å². The van der Waals surface area contributed by atoms with Gasteiger partial charge in [0.2, 0.25) is 10.6 Å². The lowest BCUT2D eigenvalue weighted by Crippen LogP contribution is -2.44. The van der Waals surface area contributed by atoms with Crippen molar-refractivity contribution in [1.82, 2.24) is 48.8 Å². The monoisotopic (exact) mass is 874 g/mol. The van der Waals surface area contributed by atoms with Crippen molar-refractivity contribution in [2.45, 2.75) is 76.3 Å². The molecule has 17 heteroatoms. The lowest BCUT2D eigenvalue weighted by molar-refractivity contribution is 0.145. The van der Waals surface area contributed by atoms with Crippen LogP contribution in [0.1, 0.15) is 76.3 Å². The van der Waals surface area contributed by atoms with Crippen molar-refractivity contribution in [2.24, 2.45) is 0 Å². The van der Waals surface area contributed by atoms with Crippen LogP contribution >= 0.6 is 34.8 Å². The van der Waals surface area contributed by atoms with Gasteiger partial charge in [0, 0.05) is 50.7 Å². The molecule has 4 aromatic heterocycles. The highest BCUT2D eigenvalue weighted by atomic mass is 35.5. The molecule has 1 aliphatic heterocycles. The molecule has 0 radical (unpaired) electrons. The molecule has 3 fully saturated rings. The van der Waals surface area contributed by atoms with Crippen LogP contribution in [0.4, 0.5) is 23.0 Å². The van der Waals surface area contributed by atoms with Crippen molar-refractivity contribution in [2.75, 3.05) is 69.5 Å². The van der Waals surface area contributed by atoms with Gasteiger partial charge in [-0.15, -0.1) is 11.6 Å². The van der Waals surface area contributed by atoms with E-state index in [1.165, 1.54) is 25.7 Å². The Bertz CT molecular complexity index is 2320. The van der Waals surface area contributed by atoms with E-state index in [0.717, 1.165) is 111 Å². The van der Waals surface area contributed by atoms with Gasteiger partial charge in [0.25, 0.3) is 0 Å². The number of halogens is 3. The molecule has 1 saturated heterocycles. The second kappa shape index (κ2) is 20.4. The van der Waals surface area contributed by atoms with Crippen molar-refractivity contribution >= 4 is 80.1 Å². The Morgan fingerprint density at radius 2 is 1.10 bits per heavy atom. The molecule has 3 aliphatic rings. The number of hydrogen-bond donors (Lipinski definition) is 2. The summed E-state index contributed by atoms with van der Waals surface area (Å²) < 4.78 is 16.3. The van der Waals surface area contributed by atoms with Crippen molar-refractivity contribution in [1.29, 1.82) is 0 Å². The summed E-state index contributed by atoms with van der Waals surface area (Å²) in [5.74, 6) is 3.29. The highest BCUT2D eigenvalue weighted by molar-refractivity contribution is 6.29. The van der Waals surface area contributed by atoms with Gasteiger partial charge in [-0.05, 0) is 93.0 Å². The molecule has 0 spiro atoms. The van der Waals surface area contributed by atoms with Crippen molar-refractivity contribution in [3.63, 3.8) is 0 Å². The molecular weight excluding hydrogens is 823 g/mol. The molecule has 6 aromatic rings. The number of anilines is 4. The number of piperazine rings is 1. The van der Waals surface area contributed by atoms with Gasteiger partial charge < -0.3 is 39.0 Å². The summed E-state index contributed by atoms with van der Waals surface area (Å²) in [6, 6.07) is 16.5. The second-order valence-electron chi connectivity index (χ2n) is 15.7. The van der Waals surface area contributed by atoms with Crippen molar-refractivity contribution in [3.8, 4) is 11.5 Å². The number of fused-ring (bicyclic) bond motifs is 2. The first-order valence-electron chi connectivity index (χ1n) is 21.2. The van der Waals surface area contributed by atoms with Crippen LogP contribution in [0, 0.1) is 0 Å². The van der Waals surface area contributed by atoms with Gasteiger partial charge in [0.05, 0.1) is 37.2 Å². The Labute approximate surface area is 366 Å². The summed E-state index contributed by atoms with van der Waals surface area (Å²) in [6.07, 6.45) is 15.1. The summed E-state index contributed by atoms with van der Waals surface area (Å²) in [7, 11) is 2.18. The number of rotatable bonds is 15. The molecule has 2 aromatic carbocycles. The van der Waals surface area contributed by atoms with Gasteiger partial charge in [-0.2, -0.15) is 19.9 Å². The third-order valence-electron chi connectivity index (χ3n) is 11.5. The number of imidazole rings is 2. The molecule has 318 valence electrons. The van der Waals surface area contributed by atoms with Crippen LogP contribution < -0.4 is 20.1 Å². The molecule has 60 heavy (non-hydrogen) atoms. The lowest BCUT2D eigenvalue weighted by Gasteiger charge is -2.32. The Morgan fingerprint density at radius 3 is 1.58 bits per heavy atom. The van der Waals surface area contributed by atoms with Crippen LogP contribution in [0.25, 0.3) is 22.3 Å². The Balaban J connectivity index is 0.000000170. The van der Waals surface area contributed by atoms with E-state index in [4.69, 9.17) is 44.3 Å². The SMILES string of the molecule is CN1CCN(CCCOc2ccccc2Nc2nc(Cl)nc3c2ncn3C2CCCC2)CC1.ClCCCOc1ccccc1Nc1nc(Cl)nc2c1ncn2C1CCCC1. The number of nitrogens with one attached hydrogen (secondary N) is 2. The van der Waals surface area contributed by atoms with Crippen molar-refractivity contribution < 1.29 is 9.47 Å². The number of likely N-dealkylation sites (N-methyl/N-ethyl adjacent to an activating group) is 1. The number of benzene rings is 2. The van der Waals surface area contributed by atoms with E-state index in [1.807, 2.05) is 61.2 Å². The third kappa shape index (κ3) is 10.3. The van der Waals surface area contributed by atoms with Gasteiger partial charge in [-0.3, -0.25) is 0 Å². The van der Waals surface area contributed by atoms with E-state index >= 15 is 0 Å². The lowest BCUT2D eigenvalue weighted by atomic mass is 10.2. The molecule has 14 nitrogen and oxygen atoms in total. The first-order chi connectivity index (χ1) is 29.4. The van der Waals surface area contributed by atoms with E-state index < -0.39 is 0 Å². The van der Waals surface area contributed by atoms with Crippen LogP contribution in [0.3, 0.4) is 0 Å². The van der Waals surface area contributed by atoms with E-state index in [2.05, 4.69) is 66.5 Å². The maximum Gasteiger partial charge on any atom is 0.226 e. The zero-order valence-electron chi connectivity index (χ0n) is 34.1. The number of alkyl halides is 1. The number of nitrogens with zero attached hydrogens (tertiary/aromatic N) is 10. The smallest absolute Gasteiger partial charge is 0.226 e. The molecule has 5 heterocycles. The van der Waals surface area contributed by atoms with Gasteiger partial charge in [-0.1, -0.05) is 49.9 Å². The normalized spacial score (nSPS) is 16.7. The summed E-state index contributed by atoms with van der Waals surface area (Å²) in [5.41, 5.74) is 4.65. The minimum atomic E-state index is 0.199. The van der Waals surface area contributed by atoms with Gasteiger partial charge in [0.1, 0.15) is 11.5 Å². The summed E-state index contributed by atoms with van der Waals surface area (Å²) >= 11 is 18.3. The molecule has 2 N–H and O–H groups in total. The third-order valence-corrected chi connectivity index (χ3v) is 12.1. The van der Waals surface area contributed by atoms with Crippen LogP contribution in [-0.4, -0.2) is 108 Å². The first kappa shape index (κ1) is 42.2. The van der Waals surface area contributed by atoms with Gasteiger partial charge >= 0.3 is 0 Å². The van der Waals surface area contributed by atoms with Crippen LogP contribution in [-0.2, 0) is 0 Å². The molecular formula is C43H53Cl3N12O2.